The van der Waals surface area contributed by atoms with Gasteiger partial charge in [-0.3, -0.25) is 4.79 Å². The minimum atomic E-state index is -0.0101. The Morgan fingerprint density at radius 1 is 1.12 bits per heavy atom. The fraction of sp³-hybridized carbons (Fsp3) is 0.389. The number of rotatable bonds is 8. The van der Waals surface area contributed by atoms with Crippen molar-refractivity contribution >= 4 is 5.91 Å². The molecule has 6 heteroatoms. The third kappa shape index (κ3) is 5.62. The van der Waals surface area contributed by atoms with Crippen LogP contribution in [-0.4, -0.2) is 42.2 Å². The number of benzene rings is 1. The number of amides is 1. The van der Waals surface area contributed by atoms with Gasteiger partial charge in [0.2, 0.25) is 5.91 Å². The maximum absolute atomic E-state index is 11.1. The van der Waals surface area contributed by atoms with Gasteiger partial charge in [0.15, 0.2) is 0 Å². The Balaban J connectivity index is 1.96. The zero-order valence-electron chi connectivity index (χ0n) is 14.3. The summed E-state index contributed by atoms with van der Waals surface area (Å²) in [5.41, 5.74) is 3.13. The van der Waals surface area contributed by atoms with Gasteiger partial charge < -0.3 is 14.8 Å². The largest absolute Gasteiger partial charge is 0.461 e. The molecule has 0 bridgehead atoms. The molecule has 0 fully saturated rings. The van der Waals surface area contributed by atoms with Gasteiger partial charge in [-0.05, 0) is 24.5 Å². The first-order valence-electron chi connectivity index (χ1n) is 7.88. The molecule has 0 aliphatic rings. The summed E-state index contributed by atoms with van der Waals surface area (Å²) in [5.74, 6) is -0.0101. The molecule has 1 unspecified atom stereocenters. The van der Waals surface area contributed by atoms with E-state index in [1.54, 1.807) is 19.5 Å². The Bertz CT molecular complexity index is 642. The van der Waals surface area contributed by atoms with Gasteiger partial charge in [-0.25, -0.2) is 9.97 Å². The van der Waals surface area contributed by atoms with Crippen LogP contribution in [0.1, 0.15) is 19.4 Å². The van der Waals surface area contributed by atoms with E-state index in [-0.39, 0.29) is 11.9 Å². The number of aromatic nitrogens is 2. The van der Waals surface area contributed by atoms with E-state index in [0.29, 0.717) is 19.2 Å². The summed E-state index contributed by atoms with van der Waals surface area (Å²) in [7, 11) is 1.62. The second-order valence-electron chi connectivity index (χ2n) is 5.60. The van der Waals surface area contributed by atoms with Gasteiger partial charge in [0.05, 0.1) is 6.61 Å². The topological polar surface area (TPSA) is 73.3 Å². The van der Waals surface area contributed by atoms with E-state index in [4.69, 9.17) is 9.47 Å². The Hall–Kier alpha value is -2.47. The van der Waals surface area contributed by atoms with Crippen molar-refractivity contribution in [3.05, 3.63) is 42.2 Å². The normalized spacial score (nSPS) is 11.8. The first kappa shape index (κ1) is 17.9. The minimum absolute atomic E-state index is 0.0101. The van der Waals surface area contributed by atoms with Crippen LogP contribution in [0.4, 0.5) is 0 Å². The molecule has 2 aromatic rings. The average molecular weight is 329 g/mol. The summed E-state index contributed by atoms with van der Waals surface area (Å²) < 4.78 is 10.3. The first-order valence-corrected chi connectivity index (χ1v) is 7.88. The number of hydrogen-bond donors (Lipinski definition) is 1. The first-order chi connectivity index (χ1) is 11.6. The summed E-state index contributed by atoms with van der Waals surface area (Å²) >= 11 is 0. The van der Waals surface area contributed by atoms with Gasteiger partial charge >= 0.3 is 6.01 Å². The highest BCUT2D eigenvalue weighted by molar-refractivity contribution is 5.73. The molecule has 1 heterocycles. The van der Waals surface area contributed by atoms with E-state index in [9.17, 15) is 4.79 Å². The van der Waals surface area contributed by atoms with Crippen molar-refractivity contribution in [2.45, 2.75) is 26.3 Å². The molecule has 128 valence electrons. The summed E-state index contributed by atoms with van der Waals surface area (Å²) in [6, 6.07) is 8.62. The van der Waals surface area contributed by atoms with Gasteiger partial charge in [0.1, 0.15) is 6.61 Å². The standard InChI is InChI=1S/C18H23N3O3/c1-13(21-14(2)22)10-15-4-6-16(7-5-15)17-11-19-18(20-12-17)24-9-8-23-3/h4-7,11-13H,8-10H2,1-3H3,(H,21,22). The molecular weight excluding hydrogens is 306 g/mol. The molecular formula is C18H23N3O3. The Kier molecular flexibility index (Phi) is 6.69. The molecule has 0 radical (unpaired) electrons. The highest BCUT2D eigenvalue weighted by Gasteiger charge is 2.06. The summed E-state index contributed by atoms with van der Waals surface area (Å²) in [6.07, 6.45) is 4.27. The molecule has 0 aliphatic carbocycles. The lowest BCUT2D eigenvalue weighted by atomic mass is 10.0. The fourth-order valence-electron chi connectivity index (χ4n) is 2.34. The van der Waals surface area contributed by atoms with Crippen molar-refractivity contribution in [2.24, 2.45) is 0 Å². The van der Waals surface area contributed by atoms with Crippen LogP contribution in [-0.2, 0) is 16.0 Å². The van der Waals surface area contributed by atoms with E-state index < -0.39 is 0 Å². The Morgan fingerprint density at radius 3 is 2.38 bits per heavy atom. The SMILES string of the molecule is COCCOc1ncc(-c2ccc(CC(C)NC(C)=O)cc2)cn1. The Morgan fingerprint density at radius 2 is 1.79 bits per heavy atom. The quantitative estimate of drug-likeness (QED) is 0.752. The van der Waals surface area contributed by atoms with Gasteiger partial charge in [-0.2, -0.15) is 0 Å². The maximum Gasteiger partial charge on any atom is 0.316 e. The number of ether oxygens (including phenoxy) is 2. The highest BCUT2D eigenvalue weighted by atomic mass is 16.5. The van der Waals surface area contributed by atoms with Gasteiger partial charge in [0, 0.05) is 38.0 Å². The van der Waals surface area contributed by atoms with Crippen molar-refractivity contribution in [1.82, 2.24) is 15.3 Å². The number of nitrogens with one attached hydrogen (secondary N) is 1. The van der Waals surface area contributed by atoms with Crippen molar-refractivity contribution in [3.8, 4) is 17.1 Å². The van der Waals surface area contributed by atoms with Gasteiger partial charge in [-0.1, -0.05) is 24.3 Å². The van der Waals surface area contributed by atoms with Crippen molar-refractivity contribution in [2.75, 3.05) is 20.3 Å². The zero-order valence-corrected chi connectivity index (χ0v) is 14.3. The minimum Gasteiger partial charge on any atom is -0.461 e. The van der Waals surface area contributed by atoms with Crippen molar-refractivity contribution < 1.29 is 14.3 Å². The van der Waals surface area contributed by atoms with E-state index in [1.165, 1.54) is 12.5 Å². The molecule has 1 aromatic carbocycles. The molecule has 0 aliphatic heterocycles. The maximum atomic E-state index is 11.1. The van der Waals surface area contributed by atoms with E-state index in [0.717, 1.165) is 17.5 Å². The lowest BCUT2D eigenvalue weighted by Gasteiger charge is -2.12. The zero-order chi connectivity index (χ0) is 17.4. The van der Waals surface area contributed by atoms with E-state index >= 15 is 0 Å². The molecule has 0 spiro atoms. The predicted octanol–water partition coefficient (Wildman–Crippen LogP) is 2.24. The van der Waals surface area contributed by atoms with Crippen LogP contribution >= 0.6 is 0 Å². The van der Waals surface area contributed by atoms with E-state index in [2.05, 4.69) is 27.4 Å². The molecule has 1 atom stereocenters. The molecule has 1 amide bonds. The van der Waals surface area contributed by atoms with Crippen molar-refractivity contribution in [3.63, 3.8) is 0 Å². The van der Waals surface area contributed by atoms with Crippen molar-refractivity contribution in [1.29, 1.82) is 0 Å². The van der Waals surface area contributed by atoms with Crippen LogP contribution in [0.5, 0.6) is 6.01 Å². The number of nitrogens with zero attached hydrogens (tertiary/aromatic N) is 2. The molecule has 0 saturated heterocycles. The summed E-state index contributed by atoms with van der Waals surface area (Å²) in [5, 5.41) is 2.88. The lowest BCUT2D eigenvalue weighted by Crippen LogP contribution is -2.31. The van der Waals surface area contributed by atoms with Crippen LogP contribution in [0, 0.1) is 0 Å². The number of carbonyl (C=O) groups excluding carboxylic acids is 1. The highest BCUT2D eigenvalue weighted by Crippen LogP contribution is 2.19. The molecule has 24 heavy (non-hydrogen) atoms. The number of hydrogen-bond acceptors (Lipinski definition) is 5. The van der Waals surface area contributed by atoms with Gasteiger partial charge in [-0.15, -0.1) is 0 Å². The summed E-state index contributed by atoms with van der Waals surface area (Å²) in [4.78, 5) is 19.4. The van der Waals surface area contributed by atoms with Gasteiger partial charge in [0.25, 0.3) is 0 Å². The molecule has 6 nitrogen and oxygen atoms in total. The number of carbonyl (C=O) groups is 1. The van der Waals surface area contributed by atoms with Crippen LogP contribution < -0.4 is 10.1 Å². The monoisotopic (exact) mass is 329 g/mol. The molecule has 2 rings (SSSR count). The average Bonchev–Trinajstić information content (AvgIpc) is 2.56. The molecule has 1 N–H and O–H groups in total. The summed E-state index contributed by atoms with van der Waals surface area (Å²) in [6.45, 7) is 4.45. The second-order valence-corrected chi connectivity index (χ2v) is 5.60. The smallest absolute Gasteiger partial charge is 0.316 e. The van der Waals surface area contributed by atoms with Crippen LogP contribution in [0.15, 0.2) is 36.7 Å². The fourth-order valence-corrected chi connectivity index (χ4v) is 2.34. The van der Waals surface area contributed by atoms with E-state index in [1.807, 2.05) is 19.1 Å². The second kappa shape index (κ2) is 8.98. The van der Waals surface area contributed by atoms with Crippen LogP contribution in [0.25, 0.3) is 11.1 Å². The lowest BCUT2D eigenvalue weighted by molar-refractivity contribution is -0.119. The molecule has 0 saturated carbocycles. The predicted molar refractivity (Wildman–Crippen MR) is 91.8 cm³/mol. The van der Waals surface area contributed by atoms with Crippen LogP contribution in [0.2, 0.25) is 0 Å². The Labute approximate surface area is 142 Å². The third-order valence-corrected chi connectivity index (χ3v) is 3.43. The number of methoxy groups -OCH3 is 1. The third-order valence-electron chi connectivity index (χ3n) is 3.43. The van der Waals surface area contributed by atoms with Crippen LogP contribution in [0.3, 0.4) is 0 Å². The molecule has 1 aromatic heterocycles.